The van der Waals surface area contributed by atoms with E-state index in [1.165, 1.54) is 6.33 Å². The van der Waals surface area contributed by atoms with Crippen molar-refractivity contribution >= 4 is 0 Å². The minimum Gasteiger partial charge on any atom is -0.304 e. The third kappa shape index (κ3) is 1.25. The quantitative estimate of drug-likeness (QED) is 0.685. The minimum atomic E-state index is -0.0519. The van der Waals surface area contributed by atoms with Gasteiger partial charge in [-0.2, -0.15) is 5.10 Å². The van der Waals surface area contributed by atoms with Gasteiger partial charge in [-0.1, -0.05) is 0 Å². The Morgan fingerprint density at radius 2 is 2.20 bits per heavy atom. The van der Waals surface area contributed by atoms with Crippen molar-refractivity contribution in [2.45, 2.75) is 19.3 Å². The first kappa shape index (κ1) is 8.34. The molecule has 0 saturated heterocycles. The summed E-state index contributed by atoms with van der Waals surface area (Å²) in [6.07, 6.45) is 4.10. The van der Waals surface area contributed by atoms with Gasteiger partial charge in [-0.3, -0.25) is 9.89 Å². The Morgan fingerprint density at radius 1 is 1.27 bits per heavy atom. The summed E-state index contributed by atoms with van der Waals surface area (Å²) < 4.78 is 0. The lowest BCUT2D eigenvalue weighted by molar-refractivity contribution is 0.898. The van der Waals surface area contributed by atoms with E-state index in [2.05, 4.69) is 25.1 Å². The lowest BCUT2D eigenvalue weighted by Crippen LogP contribution is -2.15. The number of fused-ring (bicyclic) bond motifs is 1. The third-order valence-corrected chi connectivity index (χ3v) is 2.58. The molecule has 15 heavy (non-hydrogen) atoms. The molecule has 6 nitrogen and oxygen atoms in total. The SMILES string of the molecule is O=c1[nH]c(-c2ncn[nH]2)nc2c1CCC2. The lowest BCUT2D eigenvalue weighted by Gasteiger charge is -1.99. The first-order valence-electron chi connectivity index (χ1n) is 4.82. The average molecular weight is 203 g/mol. The van der Waals surface area contributed by atoms with Gasteiger partial charge in [0.2, 0.25) is 0 Å². The summed E-state index contributed by atoms with van der Waals surface area (Å²) in [6, 6.07) is 0. The molecule has 0 bridgehead atoms. The van der Waals surface area contributed by atoms with Gasteiger partial charge in [0.1, 0.15) is 6.33 Å². The van der Waals surface area contributed by atoms with Crippen LogP contribution in [-0.4, -0.2) is 25.1 Å². The van der Waals surface area contributed by atoms with Gasteiger partial charge in [0.05, 0.1) is 5.69 Å². The van der Waals surface area contributed by atoms with E-state index >= 15 is 0 Å². The number of aromatic amines is 2. The molecule has 2 aromatic heterocycles. The van der Waals surface area contributed by atoms with Crippen LogP contribution < -0.4 is 5.56 Å². The largest absolute Gasteiger partial charge is 0.304 e. The molecule has 0 fully saturated rings. The van der Waals surface area contributed by atoms with Gasteiger partial charge in [-0.05, 0) is 19.3 Å². The maximum atomic E-state index is 11.7. The van der Waals surface area contributed by atoms with Gasteiger partial charge in [-0.15, -0.1) is 0 Å². The van der Waals surface area contributed by atoms with Crippen LogP contribution >= 0.6 is 0 Å². The Labute approximate surface area is 84.8 Å². The summed E-state index contributed by atoms with van der Waals surface area (Å²) in [4.78, 5) is 22.7. The van der Waals surface area contributed by atoms with E-state index in [1.54, 1.807) is 0 Å². The molecule has 0 aromatic carbocycles. The van der Waals surface area contributed by atoms with Crippen LogP contribution in [0, 0.1) is 0 Å². The minimum absolute atomic E-state index is 0.0519. The molecular weight excluding hydrogens is 194 g/mol. The number of aromatic nitrogens is 5. The molecule has 0 saturated carbocycles. The molecule has 1 aliphatic rings. The second-order valence-corrected chi connectivity index (χ2v) is 3.53. The first-order chi connectivity index (χ1) is 7.34. The number of rotatable bonds is 1. The molecule has 2 aromatic rings. The molecule has 0 spiro atoms. The second kappa shape index (κ2) is 3.01. The zero-order chi connectivity index (χ0) is 10.3. The molecule has 2 N–H and O–H groups in total. The van der Waals surface area contributed by atoms with E-state index < -0.39 is 0 Å². The van der Waals surface area contributed by atoms with E-state index in [-0.39, 0.29) is 5.56 Å². The van der Waals surface area contributed by atoms with Crippen molar-refractivity contribution < 1.29 is 0 Å². The molecule has 3 rings (SSSR count). The maximum absolute atomic E-state index is 11.7. The van der Waals surface area contributed by atoms with Gasteiger partial charge < -0.3 is 4.98 Å². The number of hydrogen-bond donors (Lipinski definition) is 2. The molecule has 1 aliphatic carbocycles. The van der Waals surface area contributed by atoms with Gasteiger partial charge in [0.15, 0.2) is 11.6 Å². The van der Waals surface area contributed by atoms with Crippen LogP contribution in [0.25, 0.3) is 11.6 Å². The fraction of sp³-hybridized carbons (Fsp3) is 0.333. The topological polar surface area (TPSA) is 87.3 Å². The summed E-state index contributed by atoms with van der Waals surface area (Å²) in [7, 11) is 0. The number of nitrogens with zero attached hydrogens (tertiary/aromatic N) is 3. The highest BCUT2D eigenvalue weighted by molar-refractivity contribution is 5.43. The third-order valence-electron chi connectivity index (χ3n) is 2.58. The van der Waals surface area contributed by atoms with E-state index in [1.807, 2.05) is 0 Å². The monoisotopic (exact) mass is 203 g/mol. The first-order valence-corrected chi connectivity index (χ1v) is 4.82. The fourth-order valence-corrected chi connectivity index (χ4v) is 1.87. The summed E-state index contributed by atoms with van der Waals surface area (Å²) in [5.41, 5.74) is 1.66. The molecular formula is C9H9N5O. The van der Waals surface area contributed by atoms with Crippen molar-refractivity contribution in [1.82, 2.24) is 25.1 Å². The van der Waals surface area contributed by atoms with Crippen molar-refractivity contribution in [2.75, 3.05) is 0 Å². The van der Waals surface area contributed by atoms with E-state index in [4.69, 9.17) is 0 Å². The second-order valence-electron chi connectivity index (χ2n) is 3.53. The zero-order valence-electron chi connectivity index (χ0n) is 7.95. The highest BCUT2D eigenvalue weighted by Gasteiger charge is 2.18. The zero-order valence-corrected chi connectivity index (χ0v) is 7.95. The number of H-pyrrole nitrogens is 2. The molecule has 0 atom stereocenters. The molecule has 0 aliphatic heterocycles. The van der Waals surface area contributed by atoms with Crippen molar-refractivity contribution in [3.05, 3.63) is 27.9 Å². The summed E-state index contributed by atoms with van der Waals surface area (Å²) >= 11 is 0. The van der Waals surface area contributed by atoms with Crippen LogP contribution in [0.5, 0.6) is 0 Å². The predicted octanol–water partition coefficient (Wildman–Crippen LogP) is 0.0437. The van der Waals surface area contributed by atoms with Gasteiger partial charge >= 0.3 is 0 Å². The number of nitrogens with one attached hydrogen (secondary N) is 2. The van der Waals surface area contributed by atoms with Crippen LogP contribution in [0.15, 0.2) is 11.1 Å². The molecule has 0 unspecified atom stereocenters. The van der Waals surface area contributed by atoms with Gasteiger partial charge in [-0.25, -0.2) is 9.97 Å². The van der Waals surface area contributed by atoms with Crippen molar-refractivity contribution in [1.29, 1.82) is 0 Å². The molecule has 6 heteroatoms. The Balaban J connectivity index is 2.20. The van der Waals surface area contributed by atoms with Crippen LogP contribution in [0.1, 0.15) is 17.7 Å². The van der Waals surface area contributed by atoms with Crippen molar-refractivity contribution in [3.8, 4) is 11.6 Å². The smallest absolute Gasteiger partial charge is 0.254 e. The van der Waals surface area contributed by atoms with Gasteiger partial charge in [0, 0.05) is 5.56 Å². The van der Waals surface area contributed by atoms with Crippen LogP contribution in [0.2, 0.25) is 0 Å². The Bertz CT molecular complexity index is 542. The van der Waals surface area contributed by atoms with Crippen LogP contribution in [0.4, 0.5) is 0 Å². The van der Waals surface area contributed by atoms with E-state index in [0.717, 1.165) is 30.5 Å². The lowest BCUT2D eigenvalue weighted by atomic mass is 10.2. The van der Waals surface area contributed by atoms with Gasteiger partial charge in [0.25, 0.3) is 5.56 Å². The summed E-state index contributed by atoms with van der Waals surface area (Å²) in [6.45, 7) is 0. The highest BCUT2D eigenvalue weighted by Crippen LogP contribution is 2.17. The highest BCUT2D eigenvalue weighted by atomic mass is 16.1. The van der Waals surface area contributed by atoms with Crippen LogP contribution in [-0.2, 0) is 12.8 Å². The van der Waals surface area contributed by atoms with Crippen LogP contribution in [0.3, 0.4) is 0 Å². The summed E-state index contributed by atoms with van der Waals surface area (Å²) in [5.74, 6) is 0.972. The molecule has 76 valence electrons. The Hall–Kier alpha value is -1.98. The molecule has 2 heterocycles. The number of aryl methyl sites for hydroxylation is 1. The Morgan fingerprint density at radius 3 is 3.00 bits per heavy atom. The average Bonchev–Trinajstić information content (AvgIpc) is 2.88. The fourth-order valence-electron chi connectivity index (χ4n) is 1.87. The standard InChI is InChI=1S/C9H9N5O/c15-9-5-2-1-3-6(5)12-8(13-9)7-10-4-11-14-7/h4H,1-3H2,(H,10,11,14)(H,12,13,15). The maximum Gasteiger partial charge on any atom is 0.254 e. The Kier molecular flexibility index (Phi) is 1.67. The molecule has 0 radical (unpaired) electrons. The molecule has 0 amide bonds. The van der Waals surface area contributed by atoms with E-state index in [9.17, 15) is 4.79 Å². The van der Waals surface area contributed by atoms with Crippen molar-refractivity contribution in [3.63, 3.8) is 0 Å². The predicted molar refractivity (Wildman–Crippen MR) is 52.3 cm³/mol. The summed E-state index contributed by atoms with van der Waals surface area (Å²) in [5, 5.41) is 6.40. The number of hydrogen-bond acceptors (Lipinski definition) is 4. The van der Waals surface area contributed by atoms with Crippen molar-refractivity contribution in [2.24, 2.45) is 0 Å². The van der Waals surface area contributed by atoms with E-state index in [0.29, 0.717) is 11.6 Å². The normalized spacial score (nSPS) is 14.1.